The molecule has 5 rings (SSSR count). The van der Waals surface area contributed by atoms with E-state index in [1.165, 1.54) is 12.8 Å². The highest BCUT2D eigenvalue weighted by Gasteiger charge is 2.53. The topological polar surface area (TPSA) is 64.4 Å². The molecule has 2 aliphatic carbocycles. The number of carbonyl (C=O) groups is 1. The molecule has 0 atom stereocenters. The van der Waals surface area contributed by atoms with Crippen molar-refractivity contribution in [3.05, 3.63) is 58.0 Å². The zero-order valence-electron chi connectivity index (χ0n) is 16.8. The summed E-state index contributed by atoms with van der Waals surface area (Å²) in [6, 6.07) is 11.5. The zero-order chi connectivity index (χ0) is 20.0. The monoisotopic (exact) mass is 393 g/mol. The number of hydrogen-bond acceptors (Lipinski definition) is 4. The van der Waals surface area contributed by atoms with Gasteiger partial charge in [-0.1, -0.05) is 12.1 Å². The summed E-state index contributed by atoms with van der Waals surface area (Å²) in [5.74, 6) is 1.57. The fourth-order valence-corrected chi connectivity index (χ4v) is 4.58. The highest BCUT2D eigenvalue weighted by Crippen LogP contribution is 2.50. The molecule has 1 aromatic heterocycles. The molecule has 0 radical (unpaired) electrons. The van der Waals surface area contributed by atoms with Crippen LogP contribution in [0, 0.1) is 0 Å². The number of likely N-dealkylation sites (tertiary alicyclic amines) is 1. The molecule has 1 aliphatic heterocycles. The van der Waals surface area contributed by atoms with Gasteiger partial charge in [-0.25, -0.2) is 4.68 Å². The minimum Gasteiger partial charge on any atom is -0.497 e. The Hall–Kier alpha value is -2.63. The lowest BCUT2D eigenvalue weighted by atomic mass is 9.92. The van der Waals surface area contributed by atoms with E-state index in [0.29, 0.717) is 19.0 Å². The number of aromatic nitrogens is 2. The molecule has 152 valence electrons. The van der Waals surface area contributed by atoms with Crippen molar-refractivity contribution < 1.29 is 9.53 Å². The predicted molar refractivity (Wildman–Crippen MR) is 109 cm³/mol. The fraction of sp³-hybridized carbons (Fsp3) is 0.522. The number of methoxy groups -OCH3 is 1. The normalized spacial score (nSPS) is 21.1. The van der Waals surface area contributed by atoms with Crippen LogP contribution in [0.4, 0.5) is 0 Å². The Kier molecular flexibility index (Phi) is 4.45. The van der Waals surface area contributed by atoms with Gasteiger partial charge in [-0.2, -0.15) is 5.10 Å². The molecule has 2 saturated carbocycles. The summed E-state index contributed by atoms with van der Waals surface area (Å²) in [5.41, 5.74) is 1.73. The van der Waals surface area contributed by atoms with Crippen LogP contribution < -0.4 is 10.3 Å². The first kappa shape index (κ1) is 18.4. The molecule has 6 heteroatoms. The summed E-state index contributed by atoms with van der Waals surface area (Å²) in [4.78, 5) is 27.6. The van der Waals surface area contributed by atoms with Gasteiger partial charge < -0.3 is 9.64 Å². The Labute approximate surface area is 170 Å². The van der Waals surface area contributed by atoms with Gasteiger partial charge in [0.1, 0.15) is 5.75 Å². The van der Waals surface area contributed by atoms with Crippen LogP contribution in [0.15, 0.2) is 41.2 Å². The van der Waals surface area contributed by atoms with E-state index in [4.69, 9.17) is 4.74 Å². The number of benzene rings is 1. The quantitative estimate of drug-likeness (QED) is 0.783. The number of rotatable bonds is 5. The standard InChI is InChI=1S/C23H27N3O3/c1-29-19-6-4-17(5-7-19)23(12-13-23)22(28)25-14-10-18(11-15-25)26-21(27)9-8-20(24-26)16-2-3-16/h4-9,16,18H,2-3,10-15H2,1H3. The van der Waals surface area contributed by atoms with Crippen LogP contribution in [0.2, 0.25) is 0 Å². The summed E-state index contributed by atoms with van der Waals surface area (Å²) >= 11 is 0. The van der Waals surface area contributed by atoms with Crippen molar-refractivity contribution in [2.75, 3.05) is 20.2 Å². The predicted octanol–water partition coefficient (Wildman–Crippen LogP) is 3.02. The molecule has 3 aliphatic rings. The second kappa shape index (κ2) is 7.01. The minimum absolute atomic E-state index is 0.0314. The minimum atomic E-state index is -0.361. The van der Waals surface area contributed by atoms with Crippen LogP contribution in [0.3, 0.4) is 0 Å². The molecule has 2 aromatic rings. The van der Waals surface area contributed by atoms with Gasteiger partial charge in [0.2, 0.25) is 5.91 Å². The van der Waals surface area contributed by atoms with Crippen LogP contribution in [0.1, 0.15) is 61.7 Å². The van der Waals surface area contributed by atoms with Gasteiger partial charge in [-0.15, -0.1) is 0 Å². The Morgan fingerprint density at radius 3 is 2.31 bits per heavy atom. The van der Waals surface area contributed by atoms with Crippen LogP contribution in [-0.4, -0.2) is 40.8 Å². The molecule has 1 amide bonds. The van der Waals surface area contributed by atoms with Gasteiger partial charge in [0.05, 0.1) is 24.3 Å². The Morgan fingerprint density at radius 1 is 1.03 bits per heavy atom. The smallest absolute Gasteiger partial charge is 0.267 e. The number of carbonyl (C=O) groups excluding carboxylic acids is 1. The molecule has 1 saturated heterocycles. The highest BCUT2D eigenvalue weighted by molar-refractivity contribution is 5.91. The molecular formula is C23H27N3O3. The molecule has 0 unspecified atom stereocenters. The molecule has 3 fully saturated rings. The zero-order valence-corrected chi connectivity index (χ0v) is 16.8. The third-order valence-electron chi connectivity index (χ3n) is 6.74. The summed E-state index contributed by atoms with van der Waals surface area (Å²) in [6.07, 6.45) is 5.72. The largest absolute Gasteiger partial charge is 0.497 e. The van der Waals surface area contributed by atoms with Gasteiger partial charge in [-0.3, -0.25) is 9.59 Å². The maximum Gasteiger partial charge on any atom is 0.267 e. The van der Waals surface area contributed by atoms with Gasteiger partial charge in [0.25, 0.3) is 5.56 Å². The second-order valence-electron chi connectivity index (χ2n) is 8.65. The SMILES string of the molecule is COc1ccc(C2(C(=O)N3CCC(n4nc(C5CC5)ccc4=O)CC3)CC2)cc1. The van der Waals surface area contributed by atoms with Gasteiger partial charge in [0, 0.05) is 25.1 Å². The second-order valence-corrected chi connectivity index (χ2v) is 8.65. The van der Waals surface area contributed by atoms with Gasteiger partial charge in [-0.05, 0) is 62.3 Å². The van der Waals surface area contributed by atoms with Crippen molar-refractivity contribution in [1.82, 2.24) is 14.7 Å². The lowest BCUT2D eigenvalue weighted by molar-refractivity contribution is -0.135. The van der Waals surface area contributed by atoms with E-state index >= 15 is 0 Å². The molecule has 2 heterocycles. The average Bonchev–Trinajstić information content (AvgIpc) is 3.68. The highest BCUT2D eigenvalue weighted by atomic mass is 16.5. The molecule has 0 bridgehead atoms. The summed E-state index contributed by atoms with van der Waals surface area (Å²) in [6.45, 7) is 1.37. The maximum absolute atomic E-state index is 13.3. The van der Waals surface area contributed by atoms with E-state index in [1.54, 1.807) is 17.9 Å². The van der Waals surface area contributed by atoms with Crippen LogP contribution >= 0.6 is 0 Å². The summed E-state index contributed by atoms with van der Waals surface area (Å²) < 4.78 is 6.91. The first-order valence-corrected chi connectivity index (χ1v) is 10.6. The summed E-state index contributed by atoms with van der Waals surface area (Å²) in [5, 5.41) is 4.64. The van der Waals surface area contributed by atoms with Crippen LogP contribution in [0.25, 0.3) is 0 Å². The molecule has 0 spiro atoms. The number of hydrogen-bond donors (Lipinski definition) is 0. The average molecular weight is 393 g/mol. The van der Waals surface area contributed by atoms with Gasteiger partial charge >= 0.3 is 0 Å². The molecule has 1 aromatic carbocycles. The van der Waals surface area contributed by atoms with Crippen molar-refractivity contribution >= 4 is 5.91 Å². The van der Waals surface area contributed by atoms with E-state index in [1.807, 2.05) is 35.2 Å². The van der Waals surface area contributed by atoms with Crippen molar-refractivity contribution in [2.45, 2.75) is 55.9 Å². The lowest BCUT2D eigenvalue weighted by Gasteiger charge is -2.34. The number of amides is 1. The first-order chi connectivity index (χ1) is 14.1. The Balaban J connectivity index is 1.27. The van der Waals surface area contributed by atoms with E-state index in [0.717, 1.165) is 42.7 Å². The Bertz CT molecular complexity index is 966. The number of ether oxygens (including phenoxy) is 1. The van der Waals surface area contributed by atoms with Crippen molar-refractivity contribution in [2.24, 2.45) is 0 Å². The Morgan fingerprint density at radius 2 is 1.72 bits per heavy atom. The van der Waals surface area contributed by atoms with Gasteiger partial charge in [0.15, 0.2) is 0 Å². The van der Waals surface area contributed by atoms with Crippen molar-refractivity contribution in [3.63, 3.8) is 0 Å². The maximum atomic E-state index is 13.3. The van der Waals surface area contributed by atoms with E-state index in [-0.39, 0.29) is 22.9 Å². The molecular weight excluding hydrogens is 366 g/mol. The van der Waals surface area contributed by atoms with Crippen LogP contribution in [0.5, 0.6) is 5.75 Å². The molecule has 29 heavy (non-hydrogen) atoms. The third-order valence-corrected chi connectivity index (χ3v) is 6.74. The van der Waals surface area contributed by atoms with Crippen molar-refractivity contribution in [3.8, 4) is 5.75 Å². The lowest BCUT2D eigenvalue weighted by Crippen LogP contribution is -2.45. The van der Waals surface area contributed by atoms with Crippen LogP contribution in [-0.2, 0) is 10.2 Å². The summed E-state index contributed by atoms with van der Waals surface area (Å²) in [7, 11) is 1.65. The first-order valence-electron chi connectivity index (χ1n) is 10.6. The number of nitrogens with zero attached hydrogens (tertiary/aromatic N) is 3. The van der Waals surface area contributed by atoms with Crippen molar-refractivity contribution in [1.29, 1.82) is 0 Å². The van der Waals surface area contributed by atoms with E-state index < -0.39 is 0 Å². The van der Waals surface area contributed by atoms with E-state index in [2.05, 4.69) is 5.10 Å². The molecule has 6 nitrogen and oxygen atoms in total. The number of piperidine rings is 1. The molecule has 0 N–H and O–H groups in total. The van der Waals surface area contributed by atoms with E-state index in [9.17, 15) is 9.59 Å². The third kappa shape index (κ3) is 3.34. The fourth-order valence-electron chi connectivity index (χ4n) is 4.58.